The van der Waals surface area contributed by atoms with Crippen molar-refractivity contribution in [2.24, 2.45) is 5.92 Å². The van der Waals surface area contributed by atoms with Crippen molar-refractivity contribution in [3.63, 3.8) is 0 Å². The van der Waals surface area contributed by atoms with Crippen LogP contribution in [0.5, 0.6) is 0 Å². The molecule has 14 nitrogen and oxygen atoms in total. The molecule has 3 rings (SSSR count). The van der Waals surface area contributed by atoms with E-state index >= 15 is 0 Å². The van der Waals surface area contributed by atoms with Crippen LogP contribution >= 0.6 is 7.82 Å². The first-order chi connectivity index (χ1) is 20.1. The van der Waals surface area contributed by atoms with E-state index in [9.17, 15) is 28.6 Å². The largest absolute Gasteiger partial charge is 0.508 e. The van der Waals surface area contributed by atoms with Crippen molar-refractivity contribution in [2.45, 2.75) is 57.6 Å². The Morgan fingerprint density at radius 1 is 1.14 bits per heavy atom. The minimum atomic E-state index is -4.56. The lowest BCUT2D eigenvalue weighted by Crippen LogP contribution is -2.35. The molecule has 1 amide bonds. The molecular formula is C27H36N3O11P. The standard InChI is InChI=1S/C27H36N3O11P/c1-19(31)28-15-10-5-3-4-9-13-21-24(41-42(35,36)37-2)22(40-25(21)30-16-14-23(32)29-26(30)33)18-39-27(34)38-17-20-11-7-6-8-12-20/h4,6-9,11-12,14,16,21-22,24-25H,3,5,10,13,15,17-18H2,1-2H3,(H,28,31)(H,35,36)(H,29,32,33)/b9-4+/t21?,22-,24-,25-/m1/s1. The first kappa shape index (κ1) is 33.0. The highest BCUT2D eigenvalue weighted by molar-refractivity contribution is 7.47. The Bertz CT molecular complexity index is 1360. The fraction of sp³-hybridized carbons (Fsp3) is 0.481. The summed E-state index contributed by atoms with van der Waals surface area (Å²) in [4.78, 5) is 59.9. The maximum atomic E-state index is 12.6. The molecule has 0 radical (unpaired) electrons. The molecule has 1 aromatic heterocycles. The van der Waals surface area contributed by atoms with E-state index < -0.39 is 56.2 Å². The predicted octanol–water partition coefficient (Wildman–Crippen LogP) is 2.79. The van der Waals surface area contributed by atoms with Crippen LogP contribution in [0.15, 0.2) is 64.3 Å². The van der Waals surface area contributed by atoms with Gasteiger partial charge in [0, 0.05) is 38.8 Å². The lowest BCUT2D eigenvalue weighted by Gasteiger charge is -2.25. The Hall–Kier alpha value is -3.55. The van der Waals surface area contributed by atoms with E-state index in [1.54, 1.807) is 24.3 Å². The van der Waals surface area contributed by atoms with Gasteiger partial charge in [0.15, 0.2) is 0 Å². The number of phosphoric ester groups is 1. The second kappa shape index (κ2) is 16.2. The molecule has 42 heavy (non-hydrogen) atoms. The Balaban J connectivity index is 1.76. The molecular weight excluding hydrogens is 573 g/mol. The molecule has 0 bridgehead atoms. The number of phosphoric acid groups is 1. The summed E-state index contributed by atoms with van der Waals surface area (Å²) in [6.07, 6.45) is 3.13. The molecule has 2 heterocycles. The number of hydrogen-bond acceptors (Lipinski definition) is 10. The van der Waals surface area contributed by atoms with Gasteiger partial charge >= 0.3 is 19.7 Å². The number of nitrogens with one attached hydrogen (secondary N) is 2. The van der Waals surface area contributed by atoms with E-state index in [0.29, 0.717) is 13.0 Å². The van der Waals surface area contributed by atoms with Crippen molar-refractivity contribution >= 4 is 19.9 Å². The zero-order chi connectivity index (χ0) is 30.5. The fourth-order valence-corrected chi connectivity index (χ4v) is 5.04. The molecule has 1 aliphatic rings. The zero-order valence-corrected chi connectivity index (χ0v) is 24.3. The number of amides is 1. The lowest BCUT2D eigenvalue weighted by molar-refractivity contribution is -0.118. The van der Waals surface area contributed by atoms with E-state index in [-0.39, 0.29) is 18.9 Å². The summed E-state index contributed by atoms with van der Waals surface area (Å²) in [5, 5.41) is 2.73. The summed E-state index contributed by atoms with van der Waals surface area (Å²) < 4.78 is 40.1. The maximum Gasteiger partial charge on any atom is 0.508 e. The molecule has 15 heteroatoms. The van der Waals surface area contributed by atoms with E-state index in [1.807, 2.05) is 18.2 Å². The van der Waals surface area contributed by atoms with Crippen molar-refractivity contribution in [3.8, 4) is 0 Å². The second-order valence-electron chi connectivity index (χ2n) is 9.49. The van der Waals surface area contributed by atoms with E-state index in [2.05, 4.69) is 14.8 Å². The summed E-state index contributed by atoms with van der Waals surface area (Å²) in [6.45, 7) is 1.55. The van der Waals surface area contributed by atoms with Crippen LogP contribution in [0.4, 0.5) is 4.79 Å². The van der Waals surface area contributed by atoms with Gasteiger partial charge in [0.05, 0.1) is 0 Å². The number of carbonyl (C=O) groups is 2. The minimum Gasteiger partial charge on any atom is -0.431 e. The third-order valence-corrected chi connectivity index (χ3v) is 7.36. The SMILES string of the molecule is COP(=O)(O)O[C@@H]1C(C/C=C/CCCCNC(C)=O)[C@H](n2ccc(=O)[nH]c2=O)O[C@@H]1COC(=O)OCc1ccccc1. The molecule has 1 fully saturated rings. The average Bonchev–Trinajstić information content (AvgIpc) is 3.28. The molecule has 0 aliphatic carbocycles. The molecule has 0 saturated carbocycles. The number of carbonyl (C=O) groups excluding carboxylic acids is 2. The van der Waals surface area contributed by atoms with Crippen molar-refractivity contribution in [2.75, 3.05) is 20.3 Å². The number of rotatable bonds is 15. The van der Waals surface area contributed by atoms with Crippen LogP contribution in [0.25, 0.3) is 0 Å². The van der Waals surface area contributed by atoms with Gasteiger partial charge in [-0.25, -0.2) is 14.2 Å². The van der Waals surface area contributed by atoms with Crippen molar-refractivity contribution in [1.29, 1.82) is 0 Å². The second-order valence-corrected chi connectivity index (χ2v) is 11.0. The highest BCUT2D eigenvalue weighted by Crippen LogP contribution is 2.50. The van der Waals surface area contributed by atoms with Gasteiger partial charge in [0.2, 0.25) is 5.91 Å². The molecule has 1 saturated heterocycles. The van der Waals surface area contributed by atoms with Crippen LogP contribution in [0.1, 0.15) is 44.4 Å². The molecule has 2 unspecified atom stereocenters. The summed E-state index contributed by atoms with van der Waals surface area (Å²) in [5.41, 5.74) is -0.632. The fourth-order valence-electron chi connectivity index (χ4n) is 4.35. The van der Waals surface area contributed by atoms with Crippen molar-refractivity contribution in [1.82, 2.24) is 14.9 Å². The smallest absolute Gasteiger partial charge is 0.431 e. The number of allylic oxidation sites excluding steroid dienone is 2. The number of hydrogen-bond donors (Lipinski definition) is 3. The van der Waals surface area contributed by atoms with Crippen LogP contribution < -0.4 is 16.6 Å². The van der Waals surface area contributed by atoms with Gasteiger partial charge in [-0.15, -0.1) is 0 Å². The van der Waals surface area contributed by atoms with Crippen LogP contribution in [-0.2, 0) is 39.2 Å². The molecule has 3 N–H and O–H groups in total. The summed E-state index contributed by atoms with van der Waals surface area (Å²) in [7, 11) is -3.55. The lowest BCUT2D eigenvalue weighted by atomic mass is 9.95. The monoisotopic (exact) mass is 609 g/mol. The first-order valence-electron chi connectivity index (χ1n) is 13.4. The average molecular weight is 610 g/mol. The number of unbranched alkanes of at least 4 members (excludes halogenated alkanes) is 2. The number of benzene rings is 1. The normalized spacial score (nSPS) is 21.6. The third-order valence-electron chi connectivity index (χ3n) is 6.39. The number of aromatic amines is 1. The highest BCUT2D eigenvalue weighted by Gasteiger charge is 2.49. The van der Waals surface area contributed by atoms with Gasteiger partial charge in [0.25, 0.3) is 5.56 Å². The molecule has 230 valence electrons. The molecule has 0 spiro atoms. The van der Waals surface area contributed by atoms with Gasteiger partial charge in [-0.1, -0.05) is 42.5 Å². The Morgan fingerprint density at radius 3 is 2.60 bits per heavy atom. The topological polar surface area (TPSA) is 184 Å². The molecule has 5 atom stereocenters. The van der Waals surface area contributed by atoms with Crippen LogP contribution in [0.2, 0.25) is 0 Å². The number of nitrogens with zero attached hydrogens (tertiary/aromatic N) is 1. The summed E-state index contributed by atoms with van der Waals surface area (Å²) >= 11 is 0. The molecule has 1 aliphatic heterocycles. The first-order valence-corrected chi connectivity index (χ1v) is 14.9. The molecule has 2 aromatic rings. The number of H-pyrrole nitrogens is 1. The minimum absolute atomic E-state index is 0.0335. The van der Waals surface area contributed by atoms with Crippen LogP contribution in [0.3, 0.4) is 0 Å². The van der Waals surface area contributed by atoms with E-state index in [4.69, 9.17) is 18.7 Å². The maximum absolute atomic E-state index is 12.6. The van der Waals surface area contributed by atoms with Gasteiger partial charge in [-0.05, 0) is 31.2 Å². The van der Waals surface area contributed by atoms with Crippen molar-refractivity contribution in [3.05, 3.63) is 81.1 Å². The van der Waals surface area contributed by atoms with Crippen LogP contribution in [0, 0.1) is 5.92 Å². The quantitative estimate of drug-likeness (QED) is 0.117. The van der Waals surface area contributed by atoms with Gasteiger partial charge in [-0.2, -0.15) is 0 Å². The Kier molecular flexibility index (Phi) is 12.7. The Labute approximate surface area is 242 Å². The van der Waals surface area contributed by atoms with Crippen LogP contribution in [-0.4, -0.2) is 59.0 Å². The van der Waals surface area contributed by atoms with E-state index in [0.717, 1.165) is 36.1 Å². The zero-order valence-electron chi connectivity index (χ0n) is 23.4. The van der Waals surface area contributed by atoms with E-state index in [1.165, 1.54) is 13.1 Å². The van der Waals surface area contributed by atoms with Crippen molar-refractivity contribution < 1.29 is 42.3 Å². The number of aromatic nitrogens is 2. The van der Waals surface area contributed by atoms with Gasteiger partial charge in [0.1, 0.15) is 31.6 Å². The summed E-state index contributed by atoms with van der Waals surface area (Å²) in [6, 6.07) is 10.1. The predicted molar refractivity (Wildman–Crippen MR) is 149 cm³/mol. The Morgan fingerprint density at radius 2 is 1.90 bits per heavy atom. The van der Waals surface area contributed by atoms with Gasteiger partial charge < -0.3 is 24.4 Å². The molecule has 1 aromatic carbocycles. The number of ether oxygens (including phenoxy) is 3. The third kappa shape index (κ3) is 10.4. The highest BCUT2D eigenvalue weighted by atomic mass is 31.2. The summed E-state index contributed by atoms with van der Waals surface area (Å²) in [5.74, 6) is -0.838. The van der Waals surface area contributed by atoms with Gasteiger partial charge in [-0.3, -0.25) is 28.2 Å².